The van der Waals surface area contributed by atoms with Crippen molar-refractivity contribution in [2.24, 2.45) is 31.7 Å². The number of nitrogens with one attached hydrogen (secondary N) is 1. The summed E-state index contributed by atoms with van der Waals surface area (Å²) in [6, 6.07) is 11.6. The molecule has 0 saturated heterocycles. The molecular weight excluding hydrogens is 812 g/mol. The molecule has 2 saturated carbocycles. The molecule has 6 aromatic rings. The molecule has 2 fully saturated rings. The Balaban J connectivity index is 0.000000184. The van der Waals surface area contributed by atoms with E-state index in [2.05, 4.69) is 37.3 Å². The first kappa shape index (κ1) is 42.1. The van der Waals surface area contributed by atoms with Gasteiger partial charge in [-0.3, -0.25) is 19.6 Å². The summed E-state index contributed by atoms with van der Waals surface area (Å²) < 4.78 is 21.7. The minimum absolute atomic E-state index is 0.0293. The number of aromatic nitrogens is 4. The zero-order valence-corrected chi connectivity index (χ0v) is 36.9. The van der Waals surface area contributed by atoms with Crippen molar-refractivity contribution in [3.05, 3.63) is 90.9 Å². The molecule has 13 heteroatoms. The van der Waals surface area contributed by atoms with E-state index in [0.717, 1.165) is 72.8 Å². The Morgan fingerprint density at radius 2 is 1.31 bits per heavy atom. The van der Waals surface area contributed by atoms with E-state index in [4.69, 9.17) is 19.9 Å². The topological polar surface area (TPSA) is 153 Å². The molecule has 2 aliphatic carbocycles. The Morgan fingerprint density at radius 1 is 0.797 bits per heavy atom. The van der Waals surface area contributed by atoms with Crippen LogP contribution in [0.15, 0.2) is 62.9 Å². The molecule has 4 aromatic heterocycles. The van der Waals surface area contributed by atoms with Crippen molar-refractivity contribution in [1.29, 1.82) is 0 Å². The Labute approximate surface area is 352 Å². The Hall–Kier alpha value is -5.01. The lowest BCUT2D eigenvalue weighted by Crippen LogP contribution is -2.42. The zero-order chi connectivity index (χ0) is 42.3. The van der Waals surface area contributed by atoms with Crippen LogP contribution in [0.5, 0.6) is 11.5 Å². The highest BCUT2D eigenvalue weighted by Gasteiger charge is 2.29. The number of halogens is 1. The molecule has 0 spiro atoms. The number of ether oxygens (including phenoxy) is 3. The van der Waals surface area contributed by atoms with Crippen LogP contribution in [0.1, 0.15) is 76.2 Å². The van der Waals surface area contributed by atoms with E-state index in [1.807, 2.05) is 71.9 Å². The van der Waals surface area contributed by atoms with Crippen LogP contribution in [0.2, 0.25) is 0 Å². The highest BCUT2D eigenvalue weighted by atomic mass is 79.9. The number of fused-ring (bicyclic) bond motifs is 6. The van der Waals surface area contributed by atoms with Gasteiger partial charge in [-0.1, -0.05) is 25.7 Å². The summed E-state index contributed by atoms with van der Waals surface area (Å²) in [6.07, 6.45) is 9.87. The minimum atomic E-state index is -0.558. The summed E-state index contributed by atoms with van der Waals surface area (Å²) in [5.41, 5.74) is 9.66. The standard InChI is InChI=1S/C25H30BrN3O4.C21H25N3O2/c1-14-22-17(8-9-27-14)18-11-19(26)21(12-20(18)29(5)23(22)30)32-13-16(10-15-6-7-15)28-24(31)33-25(2,3)4;1-12-8-17-16-6-7-23-13(2)20(16)21(25)24(3)18(17)10-19(12)26-11-15(22)9-14-4-5-14/h8-9,11-12,15-16H,6-7,10,13H2,1-5H3,(H,28,31);6-8,10,14-15H,4-5,9,11,22H2,1-3H3/t16-;15-/m00/s1. The van der Waals surface area contributed by atoms with E-state index in [9.17, 15) is 14.4 Å². The zero-order valence-electron chi connectivity index (χ0n) is 35.3. The van der Waals surface area contributed by atoms with E-state index in [1.165, 1.54) is 25.7 Å². The molecular formula is C46H55BrN6O6. The Morgan fingerprint density at radius 3 is 1.85 bits per heavy atom. The number of alkyl carbamates (subject to hydrolysis) is 1. The molecule has 12 nitrogen and oxygen atoms in total. The van der Waals surface area contributed by atoms with Gasteiger partial charge in [-0.15, -0.1) is 0 Å². The third-order valence-corrected chi connectivity index (χ3v) is 11.8. The maximum absolute atomic E-state index is 13.0. The average molecular weight is 868 g/mol. The number of aryl methyl sites for hydroxylation is 5. The van der Waals surface area contributed by atoms with E-state index < -0.39 is 11.7 Å². The number of hydrogen-bond donors (Lipinski definition) is 2. The largest absolute Gasteiger partial charge is 0.492 e. The van der Waals surface area contributed by atoms with Crippen LogP contribution in [0.4, 0.5) is 4.79 Å². The van der Waals surface area contributed by atoms with Gasteiger partial charge in [0.05, 0.1) is 43.7 Å². The summed E-state index contributed by atoms with van der Waals surface area (Å²) in [5.74, 6) is 2.81. The first-order valence-corrected chi connectivity index (χ1v) is 21.2. The monoisotopic (exact) mass is 866 g/mol. The SMILES string of the molecule is Cc1cc2c3ccnc(C)c3c(=O)n(C)c2cc1OC[C@@H](N)CC1CC1.Cc1nccc2c1c(=O)n(C)c1cc(OC[C@H](CC3CC3)NC(=O)OC(C)(C)C)c(Br)cc21. The number of benzene rings is 2. The van der Waals surface area contributed by atoms with Crippen LogP contribution >= 0.6 is 15.9 Å². The number of amides is 1. The molecule has 2 atom stereocenters. The molecule has 0 bridgehead atoms. The molecule has 8 rings (SSSR count). The minimum Gasteiger partial charge on any atom is -0.492 e. The fourth-order valence-electron chi connectivity index (χ4n) is 7.78. The number of pyridine rings is 4. The number of rotatable bonds is 11. The smallest absolute Gasteiger partial charge is 0.407 e. The first-order chi connectivity index (χ1) is 28.0. The fourth-order valence-corrected chi connectivity index (χ4v) is 8.24. The van der Waals surface area contributed by atoms with Crippen molar-refractivity contribution in [2.75, 3.05) is 13.2 Å². The maximum atomic E-state index is 13.0. The molecule has 4 heterocycles. The van der Waals surface area contributed by atoms with Gasteiger partial charge in [-0.05, 0) is 123 Å². The molecule has 0 unspecified atom stereocenters. The molecule has 1 amide bonds. The van der Waals surface area contributed by atoms with Crippen LogP contribution in [0.25, 0.3) is 43.4 Å². The average Bonchev–Trinajstić information content (AvgIpc) is 4.12. The molecule has 3 N–H and O–H groups in total. The third-order valence-electron chi connectivity index (χ3n) is 11.2. The van der Waals surface area contributed by atoms with Crippen molar-refractivity contribution >= 4 is 65.4 Å². The first-order valence-electron chi connectivity index (χ1n) is 20.5. The van der Waals surface area contributed by atoms with Gasteiger partial charge in [0.15, 0.2) is 0 Å². The molecule has 0 radical (unpaired) electrons. The van der Waals surface area contributed by atoms with Gasteiger partial charge in [0, 0.05) is 55.4 Å². The van der Waals surface area contributed by atoms with Crippen molar-refractivity contribution < 1.29 is 19.0 Å². The van der Waals surface area contributed by atoms with Gasteiger partial charge >= 0.3 is 6.09 Å². The highest BCUT2D eigenvalue weighted by molar-refractivity contribution is 9.10. The summed E-state index contributed by atoms with van der Waals surface area (Å²) >= 11 is 3.63. The predicted octanol–water partition coefficient (Wildman–Crippen LogP) is 8.44. The fraction of sp³-hybridized carbons (Fsp3) is 0.457. The molecule has 59 heavy (non-hydrogen) atoms. The number of hydrogen-bond acceptors (Lipinski definition) is 9. The highest BCUT2D eigenvalue weighted by Crippen LogP contribution is 2.37. The van der Waals surface area contributed by atoms with Gasteiger partial charge in [0.25, 0.3) is 11.1 Å². The van der Waals surface area contributed by atoms with Gasteiger partial charge < -0.3 is 34.4 Å². The summed E-state index contributed by atoms with van der Waals surface area (Å²) in [6.45, 7) is 12.1. The Kier molecular flexibility index (Phi) is 12.1. The van der Waals surface area contributed by atoms with Crippen molar-refractivity contribution in [3.8, 4) is 11.5 Å². The molecule has 312 valence electrons. The van der Waals surface area contributed by atoms with Gasteiger partial charge in [0.1, 0.15) is 30.3 Å². The summed E-state index contributed by atoms with van der Waals surface area (Å²) in [7, 11) is 3.56. The van der Waals surface area contributed by atoms with Crippen molar-refractivity contribution in [2.45, 2.75) is 97.8 Å². The van der Waals surface area contributed by atoms with Crippen LogP contribution in [-0.2, 0) is 18.8 Å². The van der Waals surface area contributed by atoms with Crippen LogP contribution in [-0.4, -0.2) is 56.1 Å². The van der Waals surface area contributed by atoms with Crippen LogP contribution in [0, 0.1) is 32.6 Å². The third kappa shape index (κ3) is 9.57. The maximum Gasteiger partial charge on any atom is 0.407 e. The lowest BCUT2D eigenvalue weighted by Gasteiger charge is -2.24. The molecule has 2 aliphatic rings. The van der Waals surface area contributed by atoms with Gasteiger partial charge in [0.2, 0.25) is 0 Å². The predicted molar refractivity (Wildman–Crippen MR) is 238 cm³/mol. The second-order valence-electron chi connectivity index (χ2n) is 17.4. The second kappa shape index (κ2) is 16.9. The van der Waals surface area contributed by atoms with Crippen LogP contribution in [0.3, 0.4) is 0 Å². The second-order valence-corrected chi connectivity index (χ2v) is 18.2. The number of nitrogens with two attached hydrogens (primary N) is 1. The number of carbonyl (C=O) groups excluding carboxylic acids is 1. The lowest BCUT2D eigenvalue weighted by atomic mass is 10.0. The summed E-state index contributed by atoms with van der Waals surface area (Å²) in [5, 5.41) is 8.06. The Bertz CT molecular complexity index is 2700. The van der Waals surface area contributed by atoms with E-state index >= 15 is 0 Å². The van der Waals surface area contributed by atoms with Gasteiger partial charge in [-0.25, -0.2) is 4.79 Å². The number of carbonyl (C=O) groups is 1. The molecule has 0 aliphatic heterocycles. The van der Waals surface area contributed by atoms with E-state index in [1.54, 1.807) is 35.6 Å². The van der Waals surface area contributed by atoms with Crippen molar-refractivity contribution in [3.63, 3.8) is 0 Å². The van der Waals surface area contributed by atoms with Crippen molar-refractivity contribution in [1.82, 2.24) is 24.4 Å². The van der Waals surface area contributed by atoms with E-state index in [0.29, 0.717) is 41.3 Å². The number of nitrogens with zero attached hydrogens (tertiary/aromatic N) is 4. The quantitative estimate of drug-likeness (QED) is 0.122. The van der Waals surface area contributed by atoms with E-state index in [-0.39, 0.29) is 23.2 Å². The molecule has 2 aromatic carbocycles. The lowest BCUT2D eigenvalue weighted by molar-refractivity contribution is 0.0482. The van der Waals surface area contributed by atoms with Crippen LogP contribution < -0.4 is 31.6 Å². The summed E-state index contributed by atoms with van der Waals surface area (Å²) in [4.78, 5) is 46.7. The van der Waals surface area contributed by atoms with Gasteiger partial charge in [-0.2, -0.15) is 0 Å². The normalized spacial score (nSPS) is 15.2.